The molecule has 0 atom stereocenters. The number of nitrogens with zero attached hydrogens (tertiary/aromatic N) is 2. The van der Waals surface area contributed by atoms with Crippen LogP contribution in [0.2, 0.25) is 5.02 Å². The van der Waals surface area contributed by atoms with Crippen LogP contribution >= 0.6 is 11.6 Å². The van der Waals surface area contributed by atoms with Crippen LogP contribution in [-0.4, -0.2) is 23.6 Å². The first-order valence-electron chi connectivity index (χ1n) is 5.54. The Hall–Kier alpha value is -0.990. The Morgan fingerprint density at radius 1 is 1.31 bits per heavy atom. The molecule has 2 rings (SSSR count). The van der Waals surface area contributed by atoms with E-state index in [4.69, 9.17) is 11.6 Å². The largest absolute Gasteiger partial charge is 0.347 e. The van der Waals surface area contributed by atoms with Crippen LogP contribution in [0.3, 0.4) is 0 Å². The quantitative estimate of drug-likeness (QED) is 0.793. The number of aromatic nitrogens is 1. The van der Waals surface area contributed by atoms with Gasteiger partial charge in [-0.05, 0) is 38.7 Å². The van der Waals surface area contributed by atoms with Gasteiger partial charge in [0.15, 0.2) is 0 Å². The smallest absolute Gasteiger partial charge is 0.0498 e. The van der Waals surface area contributed by atoms with Gasteiger partial charge in [0, 0.05) is 35.2 Å². The van der Waals surface area contributed by atoms with Crippen LogP contribution in [0.4, 0.5) is 0 Å². The minimum atomic E-state index is 0.803. The van der Waals surface area contributed by atoms with E-state index < -0.39 is 0 Å². The van der Waals surface area contributed by atoms with E-state index in [1.165, 1.54) is 16.5 Å². The highest BCUT2D eigenvalue weighted by atomic mass is 35.5. The zero-order chi connectivity index (χ0) is 11.7. The predicted octanol–water partition coefficient (Wildman–Crippen LogP) is 3.38. The Morgan fingerprint density at radius 3 is 2.69 bits per heavy atom. The van der Waals surface area contributed by atoms with Crippen molar-refractivity contribution >= 4 is 22.5 Å². The molecule has 1 aromatic heterocycles. The fraction of sp³-hybridized carbons (Fsp3) is 0.385. The Kier molecular flexibility index (Phi) is 3.22. The molecular formula is C13H17ClN2. The Balaban J connectivity index is 2.58. The van der Waals surface area contributed by atoms with Crippen molar-refractivity contribution in [3.8, 4) is 0 Å². The first-order chi connectivity index (χ1) is 7.61. The van der Waals surface area contributed by atoms with Crippen molar-refractivity contribution in [3.05, 3.63) is 35.0 Å². The Labute approximate surface area is 101 Å². The third-order valence-corrected chi connectivity index (χ3v) is 2.99. The minimum Gasteiger partial charge on any atom is -0.347 e. The summed E-state index contributed by atoms with van der Waals surface area (Å²) in [5, 5.41) is 2.11. The van der Waals surface area contributed by atoms with Crippen molar-refractivity contribution in [3.63, 3.8) is 0 Å². The molecule has 0 aliphatic carbocycles. The molecule has 0 saturated heterocycles. The topological polar surface area (TPSA) is 8.17 Å². The lowest BCUT2D eigenvalue weighted by molar-refractivity contribution is 0.403. The summed E-state index contributed by atoms with van der Waals surface area (Å²) in [5.41, 5.74) is 2.59. The van der Waals surface area contributed by atoms with Gasteiger partial charge < -0.3 is 9.47 Å². The molecule has 86 valence electrons. The van der Waals surface area contributed by atoms with E-state index in [1.807, 2.05) is 12.1 Å². The van der Waals surface area contributed by atoms with Gasteiger partial charge in [-0.25, -0.2) is 0 Å². The van der Waals surface area contributed by atoms with Crippen LogP contribution in [0.25, 0.3) is 10.9 Å². The molecule has 0 radical (unpaired) electrons. The lowest BCUT2D eigenvalue weighted by Crippen LogP contribution is -2.10. The first-order valence-corrected chi connectivity index (χ1v) is 5.91. The van der Waals surface area contributed by atoms with Crippen molar-refractivity contribution in [1.29, 1.82) is 0 Å². The van der Waals surface area contributed by atoms with E-state index in [-0.39, 0.29) is 0 Å². The van der Waals surface area contributed by atoms with E-state index in [2.05, 4.69) is 42.7 Å². The number of fused-ring (bicyclic) bond motifs is 1. The summed E-state index contributed by atoms with van der Waals surface area (Å²) >= 11 is 6.04. The van der Waals surface area contributed by atoms with Gasteiger partial charge in [0.25, 0.3) is 0 Å². The van der Waals surface area contributed by atoms with Crippen molar-refractivity contribution in [2.75, 3.05) is 14.1 Å². The SMILES string of the molecule is CCn1cc(CN(C)C)c2ccc(Cl)cc21. The Bertz CT molecular complexity index is 500. The number of hydrogen-bond donors (Lipinski definition) is 0. The molecule has 0 unspecified atom stereocenters. The van der Waals surface area contributed by atoms with E-state index >= 15 is 0 Å². The number of hydrogen-bond acceptors (Lipinski definition) is 1. The maximum Gasteiger partial charge on any atom is 0.0498 e. The molecule has 1 aromatic carbocycles. The average molecular weight is 237 g/mol. The fourth-order valence-corrected chi connectivity index (χ4v) is 2.24. The highest BCUT2D eigenvalue weighted by molar-refractivity contribution is 6.31. The van der Waals surface area contributed by atoms with Crippen LogP contribution < -0.4 is 0 Å². The molecule has 0 fully saturated rings. The van der Waals surface area contributed by atoms with E-state index in [0.717, 1.165) is 18.1 Å². The highest BCUT2D eigenvalue weighted by Gasteiger charge is 2.08. The number of rotatable bonds is 3. The molecule has 0 aliphatic heterocycles. The molecule has 0 bridgehead atoms. The second-order valence-electron chi connectivity index (χ2n) is 4.34. The summed E-state index contributed by atoms with van der Waals surface area (Å²) in [5.74, 6) is 0. The summed E-state index contributed by atoms with van der Waals surface area (Å²) in [6, 6.07) is 6.12. The molecular weight excluding hydrogens is 220 g/mol. The molecule has 1 heterocycles. The molecule has 0 N–H and O–H groups in total. The van der Waals surface area contributed by atoms with Crippen LogP contribution in [0.15, 0.2) is 24.4 Å². The van der Waals surface area contributed by atoms with Crippen molar-refractivity contribution in [2.24, 2.45) is 0 Å². The molecule has 0 amide bonds. The van der Waals surface area contributed by atoms with Gasteiger partial charge >= 0.3 is 0 Å². The van der Waals surface area contributed by atoms with Gasteiger partial charge in [0.1, 0.15) is 0 Å². The molecule has 0 saturated carbocycles. The van der Waals surface area contributed by atoms with Crippen LogP contribution in [0.5, 0.6) is 0 Å². The molecule has 16 heavy (non-hydrogen) atoms. The number of halogens is 1. The van der Waals surface area contributed by atoms with Gasteiger partial charge in [0.05, 0.1) is 0 Å². The van der Waals surface area contributed by atoms with Crippen LogP contribution in [0, 0.1) is 0 Å². The van der Waals surface area contributed by atoms with Gasteiger partial charge in [-0.2, -0.15) is 0 Å². The second kappa shape index (κ2) is 4.48. The maximum absolute atomic E-state index is 6.04. The molecule has 2 aromatic rings. The predicted molar refractivity (Wildman–Crippen MR) is 70.0 cm³/mol. The van der Waals surface area contributed by atoms with E-state index in [0.29, 0.717) is 0 Å². The number of benzene rings is 1. The molecule has 2 nitrogen and oxygen atoms in total. The third kappa shape index (κ3) is 2.08. The van der Waals surface area contributed by atoms with Crippen molar-refractivity contribution in [1.82, 2.24) is 9.47 Å². The fourth-order valence-electron chi connectivity index (χ4n) is 2.07. The summed E-state index contributed by atoms with van der Waals surface area (Å²) in [6.45, 7) is 4.09. The molecule has 3 heteroatoms. The summed E-state index contributed by atoms with van der Waals surface area (Å²) in [6.07, 6.45) is 2.22. The second-order valence-corrected chi connectivity index (χ2v) is 4.78. The van der Waals surface area contributed by atoms with Crippen LogP contribution in [-0.2, 0) is 13.1 Å². The zero-order valence-corrected chi connectivity index (χ0v) is 10.8. The molecule has 0 aliphatic rings. The Morgan fingerprint density at radius 2 is 2.06 bits per heavy atom. The normalized spacial score (nSPS) is 11.6. The monoisotopic (exact) mass is 236 g/mol. The minimum absolute atomic E-state index is 0.803. The van der Waals surface area contributed by atoms with E-state index in [1.54, 1.807) is 0 Å². The molecule has 0 spiro atoms. The maximum atomic E-state index is 6.04. The van der Waals surface area contributed by atoms with Crippen molar-refractivity contribution in [2.45, 2.75) is 20.0 Å². The highest BCUT2D eigenvalue weighted by Crippen LogP contribution is 2.25. The lowest BCUT2D eigenvalue weighted by Gasteiger charge is -2.07. The summed E-state index contributed by atoms with van der Waals surface area (Å²) < 4.78 is 2.25. The zero-order valence-electron chi connectivity index (χ0n) is 10.00. The summed E-state index contributed by atoms with van der Waals surface area (Å²) in [4.78, 5) is 2.18. The van der Waals surface area contributed by atoms with Gasteiger partial charge in [-0.1, -0.05) is 17.7 Å². The number of aryl methyl sites for hydroxylation is 1. The van der Waals surface area contributed by atoms with Gasteiger partial charge in [0.2, 0.25) is 0 Å². The van der Waals surface area contributed by atoms with Crippen molar-refractivity contribution < 1.29 is 0 Å². The lowest BCUT2D eigenvalue weighted by atomic mass is 10.2. The van der Waals surface area contributed by atoms with Gasteiger partial charge in [-0.15, -0.1) is 0 Å². The van der Waals surface area contributed by atoms with Gasteiger partial charge in [-0.3, -0.25) is 0 Å². The third-order valence-electron chi connectivity index (χ3n) is 2.75. The first kappa shape index (κ1) is 11.5. The standard InChI is InChI=1S/C13H17ClN2/c1-4-16-9-10(8-15(2)3)12-6-5-11(14)7-13(12)16/h5-7,9H,4,8H2,1-3H3. The summed E-state index contributed by atoms with van der Waals surface area (Å²) in [7, 11) is 4.18. The average Bonchev–Trinajstić information content (AvgIpc) is 2.55. The van der Waals surface area contributed by atoms with Crippen LogP contribution in [0.1, 0.15) is 12.5 Å². The van der Waals surface area contributed by atoms with E-state index in [9.17, 15) is 0 Å².